The van der Waals surface area contributed by atoms with Crippen molar-refractivity contribution in [2.24, 2.45) is 0 Å². The van der Waals surface area contributed by atoms with Crippen LogP contribution in [0.15, 0.2) is 12.7 Å². The first-order chi connectivity index (χ1) is 15.0. The maximum Gasteiger partial charge on any atom is 0.192 e. The summed E-state index contributed by atoms with van der Waals surface area (Å²) in [4.78, 5) is 12.5. The molecule has 1 unspecified atom stereocenters. The summed E-state index contributed by atoms with van der Waals surface area (Å²) in [5.74, 6) is 0.249. The summed E-state index contributed by atoms with van der Waals surface area (Å²) in [7, 11) is -4.34. The number of anilines is 1. The molecule has 0 radical (unpaired) electrons. The van der Waals surface area contributed by atoms with Gasteiger partial charge in [-0.15, -0.1) is 0 Å². The molecule has 1 saturated heterocycles. The molecular weight excluding hydrogens is 457 g/mol. The van der Waals surface area contributed by atoms with Crippen LogP contribution in [0.5, 0.6) is 0 Å². The first kappa shape index (κ1) is 26.2. The summed E-state index contributed by atoms with van der Waals surface area (Å²) in [6, 6.07) is 0. The van der Waals surface area contributed by atoms with Crippen molar-refractivity contribution in [3.8, 4) is 0 Å². The largest absolute Gasteiger partial charge is 0.414 e. The lowest BCUT2D eigenvalue weighted by molar-refractivity contribution is -0.0421. The van der Waals surface area contributed by atoms with Gasteiger partial charge in [0.25, 0.3) is 0 Å². The van der Waals surface area contributed by atoms with Gasteiger partial charge in [-0.25, -0.2) is 19.3 Å². The molecule has 0 amide bonds. The smallest absolute Gasteiger partial charge is 0.192 e. The van der Waals surface area contributed by atoms with E-state index in [1.807, 2.05) is 0 Å². The van der Waals surface area contributed by atoms with Gasteiger partial charge in [0.05, 0.1) is 12.9 Å². The van der Waals surface area contributed by atoms with Crippen LogP contribution in [-0.4, -0.2) is 61.1 Å². The van der Waals surface area contributed by atoms with Gasteiger partial charge in [0, 0.05) is 0 Å². The standard InChI is InChI=1S/C22H40FN5O3Si2/c1-21(2,3)32(7,8)29-11-14-17(31-33(9,10)22(4,5)6)15(23)20(30-14)28-13-27-16-18(24)25-12-26-19(16)28/h12-15,17,20H,11H2,1-10H3,(H2,24,25,26)/t14-,15-,17?,20-/m1/s1. The van der Waals surface area contributed by atoms with E-state index in [1.165, 1.54) is 12.7 Å². The lowest BCUT2D eigenvalue weighted by atomic mass is 10.1. The van der Waals surface area contributed by atoms with Crippen molar-refractivity contribution in [1.29, 1.82) is 0 Å². The minimum absolute atomic E-state index is 0.0326. The molecule has 0 aliphatic carbocycles. The van der Waals surface area contributed by atoms with Crippen molar-refractivity contribution in [1.82, 2.24) is 19.5 Å². The molecule has 1 aliphatic heterocycles. The van der Waals surface area contributed by atoms with Gasteiger partial charge in [0.1, 0.15) is 24.1 Å². The highest BCUT2D eigenvalue weighted by Gasteiger charge is 2.52. The molecule has 0 saturated carbocycles. The van der Waals surface area contributed by atoms with E-state index in [0.29, 0.717) is 11.2 Å². The zero-order valence-corrected chi connectivity index (χ0v) is 23.6. The number of aromatic nitrogens is 4. The van der Waals surface area contributed by atoms with Crippen LogP contribution < -0.4 is 5.73 Å². The van der Waals surface area contributed by atoms with E-state index < -0.39 is 41.2 Å². The number of fused-ring (bicyclic) bond motifs is 1. The summed E-state index contributed by atoms with van der Waals surface area (Å²) in [6.45, 7) is 21.9. The van der Waals surface area contributed by atoms with E-state index in [9.17, 15) is 0 Å². The van der Waals surface area contributed by atoms with Crippen molar-refractivity contribution < 1.29 is 18.0 Å². The Balaban J connectivity index is 1.94. The second-order valence-electron chi connectivity index (χ2n) is 12.0. The van der Waals surface area contributed by atoms with E-state index in [2.05, 4.69) is 82.7 Å². The van der Waals surface area contributed by atoms with Gasteiger partial charge < -0.3 is 19.3 Å². The van der Waals surface area contributed by atoms with E-state index in [1.54, 1.807) is 4.57 Å². The first-order valence-corrected chi connectivity index (χ1v) is 17.3. The lowest BCUT2D eigenvalue weighted by Crippen LogP contribution is -2.50. The predicted molar refractivity (Wildman–Crippen MR) is 134 cm³/mol. The number of nitrogen functional groups attached to an aromatic ring is 1. The minimum Gasteiger partial charge on any atom is -0.414 e. The van der Waals surface area contributed by atoms with Crippen LogP contribution in [0, 0.1) is 0 Å². The van der Waals surface area contributed by atoms with Crippen LogP contribution in [0.2, 0.25) is 36.3 Å². The number of rotatable bonds is 6. The molecule has 0 aromatic carbocycles. The zero-order valence-electron chi connectivity index (χ0n) is 21.6. The molecule has 4 atom stereocenters. The Morgan fingerprint density at radius 1 is 1.03 bits per heavy atom. The average Bonchev–Trinajstić information content (AvgIpc) is 3.21. The molecule has 2 aromatic heterocycles. The predicted octanol–water partition coefficient (Wildman–Crippen LogP) is 5.06. The van der Waals surface area contributed by atoms with E-state index in [0.717, 1.165) is 0 Å². The Morgan fingerprint density at radius 3 is 2.21 bits per heavy atom. The monoisotopic (exact) mass is 497 g/mol. The Bertz CT molecular complexity index is 987. The highest BCUT2D eigenvalue weighted by molar-refractivity contribution is 6.74. The number of nitrogens with two attached hydrogens (primary N) is 1. The highest BCUT2D eigenvalue weighted by Crippen LogP contribution is 2.43. The molecule has 11 heteroatoms. The summed E-state index contributed by atoms with van der Waals surface area (Å²) >= 11 is 0. The van der Waals surface area contributed by atoms with Crippen molar-refractivity contribution in [3.05, 3.63) is 12.7 Å². The Morgan fingerprint density at radius 2 is 1.64 bits per heavy atom. The molecule has 0 bridgehead atoms. The maximum atomic E-state index is 16.1. The second kappa shape index (κ2) is 8.67. The third-order valence-electron chi connectivity index (χ3n) is 7.58. The SMILES string of the molecule is CC(C)(C)[Si](C)(C)OC[C@H]1O[C@@H](n2cnc3c(N)ncnc32)[C@H](F)C1O[Si](C)(C)C(C)(C)C. The second-order valence-corrected chi connectivity index (χ2v) is 21.6. The summed E-state index contributed by atoms with van der Waals surface area (Å²) in [5, 5.41) is -0.0378. The van der Waals surface area contributed by atoms with Gasteiger partial charge >= 0.3 is 0 Å². The fourth-order valence-electron chi connectivity index (χ4n) is 3.27. The molecule has 2 aromatic rings. The Hall–Kier alpha value is -1.41. The average molecular weight is 498 g/mol. The number of hydrogen-bond donors (Lipinski definition) is 1. The first-order valence-electron chi connectivity index (χ1n) is 11.5. The van der Waals surface area contributed by atoms with Crippen molar-refractivity contribution in [3.63, 3.8) is 0 Å². The maximum absolute atomic E-state index is 16.1. The Labute approximate surface area is 198 Å². The number of halogens is 1. The number of nitrogens with zero attached hydrogens (tertiary/aromatic N) is 4. The third kappa shape index (κ3) is 5.02. The van der Waals surface area contributed by atoms with Gasteiger partial charge in [-0.2, -0.15) is 0 Å². The molecule has 0 spiro atoms. The topological polar surface area (TPSA) is 97.3 Å². The molecule has 186 valence electrons. The summed E-state index contributed by atoms with van der Waals surface area (Å²) < 4.78 is 37.0. The van der Waals surface area contributed by atoms with E-state index in [4.69, 9.17) is 19.3 Å². The van der Waals surface area contributed by atoms with Crippen LogP contribution in [0.4, 0.5) is 10.2 Å². The molecule has 33 heavy (non-hydrogen) atoms. The number of imidazole rings is 1. The van der Waals surface area contributed by atoms with Crippen molar-refractivity contribution in [2.45, 2.75) is 102 Å². The normalized spacial score (nSPS) is 25.2. The quantitative estimate of drug-likeness (QED) is 0.557. The van der Waals surface area contributed by atoms with Crippen LogP contribution >= 0.6 is 0 Å². The molecule has 3 heterocycles. The number of alkyl halides is 1. The minimum atomic E-state index is -2.28. The Kier molecular flexibility index (Phi) is 6.88. The fourth-order valence-corrected chi connectivity index (χ4v) is 5.60. The summed E-state index contributed by atoms with van der Waals surface area (Å²) in [6.07, 6.45) is -0.803. The highest BCUT2D eigenvalue weighted by atomic mass is 28.4. The van der Waals surface area contributed by atoms with Crippen LogP contribution in [0.1, 0.15) is 47.8 Å². The third-order valence-corrected chi connectivity index (χ3v) is 16.6. The lowest BCUT2D eigenvalue weighted by Gasteiger charge is -2.40. The van der Waals surface area contributed by atoms with Crippen molar-refractivity contribution >= 4 is 33.6 Å². The summed E-state index contributed by atoms with van der Waals surface area (Å²) in [5.41, 5.74) is 6.79. The molecule has 2 N–H and O–H groups in total. The van der Waals surface area contributed by atoms with E-state index in [-0.39, 0.29) is 22.5 Å². The van der Waals surface area contributed by atoms with Gasteiger partial charge in [-0.3, -0.25) is 4.57 Å². The van der Waals surface area contributed by atoms with Crippen LogP contribution in [0.25, 0.3) is 11.2 Å². The zero-order chi connectivity index (χ0) is 25.0. The van der Waals surface area contributed by atoms with Gasteiger partial charge in [0.15, 0.2) is 40.5 Å². The fraction of sp³-hybridized carbons (Fsp3) is 0.773. The van der Waals surface area contributed by atoms with Crippen molar-refractivity contribution in [2.75, 3.05) is 12.3 Å². The molecule has 3 rings (SSSR count). The number of ether oxygens (including phenoxy) is 1. The van der Waals surface area contributed by atoms with Crippen LogP contribution in [-0.2, 0) is 13.6 Å². The molecule has 1 aliphatic rings. The van der Waals surface area contributed by atoms with Crippen LogP contribution in [0.3, 0.4) is 0 Å². The molecular formula is C22H40FN5O3Si2. The van der Waals surface area contributed by atoms with Gasteiger partial charge in [0.2, 0.25) is 0 Å². The molecule has 8 nitrogen and oxygen atoms in total. The van der Waals surface area contributed by atoms with Gasteiger partial charge in [-0.1, -0.05) is 41.5 Å². The van der Waals surface area contributed by atoms with E-state index >= 15 is 4.39 Å². The van der Waals surface area contributed by atoms with Gasteiger partial charge in [-0.05, 0) is 36.3 Å². The molecule has 1 fully saturated rings. The number of hydrogen-bond acceptors (Lipinski definition) is 7.